The lowest BCUT2D eigenvalue weighted by Gasteiger charge is -2.14. The third-order valence-corrected chi connectivity index (χ3v) is 6.06. The van der Waals surface area contributed by atoms with E-state index in [1.807, 2.05) is 18.2 Å². The number of hydrogen-bond acceptors (Lipinski definition) is 2. The first kappa shape index (κ1) is 17.8. The summed E-state index contributed by atoms with van der Waals surface area (Å²) in [7, 11) is 0. The Hall–Kier alpha value is -3.98. The van der Waals surface area contributed by atoms with E-state index in [4.69, 9.17) is 0 Å². The third kappa shape index (κ3) is 2.74. The van der Waals surface area contributed by atoms with E-state index in [0.717, 1.165) is 34.4 Å². The summed E-state index contributed by atoms with van der Waals surface area (Å²) in [5.41, 5.74) is 6.85. The lowest BCUT2D eigenvalue weighted by Crippen LogP contribution is -1.96. The van der Waals surface area contributed by atoms with Crippen molar-refractivity contribution < 1.29 is 0 Å². The number of pyridine rings is 1. The van der Waals surface area contributed by atoms with E-state index in [-0.39, 0.29) is 0 Å². The molecule has 3 nitrogen and oxygen atoms in total. The van der Waals surface area contributed by atoms with Crippen LogP contribution in [0.15, 0.2) is 97.1 Å². The Morgan fingerprint density at radius 3 is 2.16 bits per heavy atom. The van der Waals surface area contributed by atoms with Crippen LogP contribution >= 0.6 is 0 Å². The van der Waals surface area contributed by atoms with Gasteiger partial charge in [0.25, 0.3) is 0 Å². The molecule has 148 valence electrons. The highest BCUT2D eigenvalue weighted by Crippen LogP contribution is 2.38. The van der Waals surface area contributed by atoms with Crippen molar-refractivity contribution in [2.45, 2.75) is 13.3 Å². The van der Waals surface area contributed by atoms with Gasteiger partial charge in [-0.15, -0.1) is 10.2 Å². The van der Waals surface area contributed by atoms with E-state index in [1.165, 1.54) is 27.5 Å². The van der Waals surface area contributed by atoms with Gasteiger partial charge in [0, 0.05) is 21.7 Å². The third-order valence-electron chi connectivity index (χ3n) is 6.06. The van der Waals surface area contributed by atoms with E-state index < -0.39 is 0 Å². The Balaban J connectivity index is 1.83. The quantitative estimate of drug-likeness (QED) is 0.302. The van der Waals surface area contributed by atoms with Crippen molar-refractivity contribution in [3.8, 4) is 22.5 Å². The summed E-state index contributed by atoms with van der Waals surface area (Å²) in [6.07, 6.45) is 0.997. The van der Waals surface area contributed by atoms with Gasteiger partial charge >= 0.3 is 0 Å². The molecule has 0 aliphatic rings. The number of aromatic nitrogens is 3. The van der Waals surface area contributed by atoms with Crippen LogP contribution in [0.1, 0.15) is 12.5 Å². The first-order valence-corrected chi connectivity index (χ1v) is 10.7. The fraction of sp³-hybridized carbons (Fsp3) is 0.0714. The van der Waals surface area contributed by atoms with Gasteiger partial charge in [0.2, 0.25) is 0 Å². The molecule has 0 aliphatic carbocycles. The normalized spacial score (nSPS) is 11.5. The number of hydrogen-bond donors (Lipinski definition) is 0. The van der Waals surface area contributed by atoms with Gasteiger partial charge in [0.05, 0.1) is 5.52 Å². The average molecular weight is 399 g/mol. The van der Waals surface area contributed by atoms with Gasteiger partial charge in [0.15, 0.2) is 11.5 Å². The van der Waals surface area contributed by atoms with Gasteiger partial charge in [-0.2, -0.15) is 0 Å². The van der Waals surface area contributed by atoms with Gasteiger partial charge in [0.1, 0.15) is 0 Å². The van der Waals surface area contributed by atoms with Crippen LogP contribution in [0, 0.1) is 0 Å². The Morgan fingerprint density at radius 2 is 1.42 bits per heavy atom. The van der Waals surface area contributed by atoms with Crippen molar-refractivity contribution in [2.24, 2.45) is 0 Å². The van der Waals surface area contributed by atoms with Crippen molar-refractivity contribution >= 4 is 27.3 Å². The fourth-order valence-electron chi connectivity index (χ4n) is 4.55. The molecule has 31 heavy (non-hydrogen) atoms. The van der Waals surface area contributed by atoms with E-state index in [2.05, 4.69) is 100 Å². The molecule has 2 heterocycles. The molecule has 0 saturated heterocycles. The second kappa shape index (κ2) is 7.06. The molecule has 6 rings (SSSR count). The summed E-state index contributed by atoms with van der Waals surface area (Å²) in [6, 6.07) is 34.2. The van der Waals surface area contributed by atoms with Gasteiger partial charge in [-0.25, -0.2) is 0 Å². The summed E-state index contributed by atoms with van der Waals surface area (Å²) in [5, 5.41) is 12.9. The molecule has 2 aromatic heterocycles. The second-order valence-electron chi connectivity index (χ2n) is 7.85. The lowest BCUT2D eigenvalue weighted by atomic mass is 9.94. The first-order valence-electron chi connectivity index (χ1n) is 10.7. The van der Waals surface area contributed by atoms with Crippen molar-refractivity contribution in [1.29, 1.82) is 0 Å². The smallest absolute Gasteiger partial charge is 0.169 e. The molecule has 0 fully saturated rings. The molecule has 0 bridgehead atoms. The predicted molar refractivity (Wildman–Crippen MR) is 128 cm³/mol. The summed E-state index contributed by atoms with van der Waals surface area (Å²) >= 11 is 0. The maximum atomic E-state index is 4.66. The number of fused-ring (bicyclic) bond motifs is 6. The maximum absolute atomic E-state index is 4.66. The van der Waals surface area contributed by atoms with Crippen LogP contribution < -0.4 is 0 Å². The monoisotopic (exact) mass is 399 g/mol. The van der Waals surface area contributed by atoms with Gasteiger partial charge in [-0.3, -0.25) is 4.40 Å². The van der Waals surface area contributed by atoms with Crippen LogP contribution in [0.25, 0.3) is 49.8 Å². The SMILES string of the molecule is CCc1ccc2c(c1)c1c(-c3ccccc3)cccc1c1nnc(-c3ccccc3)n21. The minimum absolute atomic E-state index is 0.872. The molecule has 0 atom stereocenters. The molecule has 3 heteroatoms. The molecule has 0 N–H and O–H groups in total. The zero-order valence-corrected chi connectivity index (χ0v) is 17.3. The second-order valence-corrected chi connectivity index (χ2v) is 7.85. The Labute approximate surface area is 180 Å². The standard InChI is InChI=1S/C28H21N3/c1-2-19-16-17-25-24(18-19)26-22(20-10-5-3-6-11-20)14-9-15-23(26)28-30-29-27(31(25)28)21-12-7-4-8-13-21/h3-18H,2H2,1H3. The minimum Gasteiger partial charge on any atom is -0.274 e. The summed E-state index contributed by atoms with van der Waals surface area (Å²) in [5.74, 6) is 0.872. The molecule has 0 saturated carbocycles. The van der Waals surface area contributed by atoms with Gasteiger partial charge in [-0.1, -0.05) is 91.9 Å². The molecule has 0 unspecified atom stereocenters. The molecule has 0 amide bonds. The highest BCUT2D eigenvalue weighted by atomic mass is 15.2. The van der Waals surface area contributed by atoms with E-state index >= 15 is 0 Å². The van der Waals surface area contributed by atoms with E-state index in [0.29, 0.717) is 0 Å². The fourth-order valence-corrected chi connectivity index (χ4v) is 4.55. The first-order chi connectivity index (χ1) is 15.3. The Morgan fingerprint density at radius 1 is 0.677 bits per heavy atom. The summed E-state index contributed by atoms with van der Waals surface area (Å²) in [6.45, 7) is 2.20. The zero-order chi connectivity index (χ0) is 20.8. The number of rotatable bonds is 3. The molecule has 0 spiro atoms. The van der Waals surface area contributed by atoms with Crippen LogP contribution in [0.3, 0.4) is 0 Å². The van der Waals surface area contributed by atoms with Crippen LogP contribution in [-0.4, -0.2) is 14.6 Å². The van der Waals surface area contributed by atoms with Crippen LogP contribution in [0.4, 0.5) is 0 Å². The molecular weight excluding hydrogens is 378 g/mol. The minimum atomic E-state index is 0.872. The number of nitrogens with zero attached hydrogens (tertiary/aromatic N) is 3. The van der Waals surface area contributed by atoms with Crippen molar-refractivity contribution in [2.75, 3.05) is 0 Å². The predicted octanol–water partition coefficient (Wildman–Crippen LogP) is 6.93. The van der Waals surface area contributed by atoms with Crippen LogP contribution in [0.5, 0.6) is 0 Å². The van der Waals surface area contributed by atoms with Crippen LogP contribution in [-0.2, 0) is 6.42 Å². The van der Waals surface area contributed by atoms with E-state index in [1.54, 1.807) is 0 Å². The Bertz CT molecular complexity index is 1550. The highest BCUT2D eigenvalue weighted by Gasteiger charge is 2.18. The Kier molecular flexibility index (Phi) is 4.07. The number of benzene rings is 4. The summed E-state index contributed by atoms with van der Waals surface area (Å²) < 4.78 is 2.21. The van der Waals surface area contributed by atoms with Crippen molar-refractivity contribution in [1.82, 2.24) is 14.6 Å². The lowest BCUT2D eigenvalue weighted by molar-refractivity contribution is 1.12. The largest absolute Gasteiger partial charge is 0.274 e. The van der Waals surface area contributed by atoms with Gasteiger partial charge in [-0.05, 0) is 35.2 Å². The average Bonchev–Trinajstić information content (AvgIpc) is 3.30. The summed E-state index contributed by atoms with van der Waals surface area (Å²) in [4.78, 5) is 0. The van der Waals surface area contributed by atoms with Crippen molar-refractivity contribution in [3.63, 3.8) is 0 Å². The molecule has 0 radical (unpaired) electrons. The molecule has 6 aromatic rings. The van der Waals surface area contributed by atoms with Crippen molar-refractivity contribution in [3.05, 3.63) is 103 Å². The van der Waals surface area contributed by atoms with Crippen LogP contribution in [0.2, 0.25) is 0 Å². The molecule has 0 aliphatic heterocycles. The van der Waals surface area contributed by atoms with Gasteiger partial charge < -0.3 is 0 Å². The maximum Gasteiger partial charge on any atom is 0.169 e. The highest BCUT2D eigenvalue weighted by molar-refractivity contribution is 6.18. The molecular formula is C28H21N3. The topological polar surface area (TPSA) is 30.2 Å². The molecule has 4 aromatic carbocycles. The number of aryl methyl sites for hydroxylation is 1. The van der Waals surface area contributed by atoms with E-state index in [9.17, 15) is 0 Å². The zero-order valence-electron chi connectivity index (χ0n) is 17.3.